The summed E-state index contributed by atoms with van der Waals surface area (Å²) in [6.07, 6.45) is 18.5. The van der Waals surface area contributed by atoms with E-state index in [9.17, 15) is 0 Å². The molecule has 0 radical (unpaired) electrons. The molecule has 0 saturated heterocycles. The highest BCUT2D eigenvalue weighted by molar-refractivity contribution is 5.09. The highest BCUT2D eigenvalue weighted by atomic mass is 14.6. The van der Waals surface area contributed by atoms with E-state index in [0.29, 0.717) is 16.2 Å². The summed E-state index contributed by atoms with van der Waals surface area (Å²) in [6, 6.07) is 0. The minimum Gasteiger partial charge on any atom is -0.0654 e. The lowest BCUT2D eigenvalue weighted by Crippen LogP contribution is -2.53. The van der Waals surface area contributed by atoms with Crippen molar-refractivity contribution in [3.63, 3.8) is 0 Å². The van der Waals surface area contributed by atoms with E-state index < -0.39 is 0 Å². The Morgan fingerprint density at radius 2 is 1.50 bits per heavy atom. The predicted octanol–water partition coefficient (Wildman–Crippen LogP) is 11.3. The topological polar surface area (TPSA) is 0 Å². The molecule has 0 aliphatic heterocycles. The molecule has 0 amide bonds. The fourth-order valence-electron chi connectivity index (χ4n) is 9.19. The second-order valence-electron chi connectivity index (χ2n) is 13.4. The van der Waals surface area contributed by atoms with Gasteiger partial charge in [0.05, 0.1) is 0 Å². The van der Waals surface area contributed by atoms with E-state index in [1.165, 1.54) is 83.5 Å². The zero-order chi connectivity index (χ0) is 24.6. The number of rotatable bonds is 16. The highest BCUT2D eigenvalue weighted by Gasteiger charge is 2.59. The Kier molecular flexibility index (Phi) is 12.4. The van der Waals surface area contributed by atoms with Gasteiger partial charge in [-0.25, -0.2) is 0 Å². The average molecular weight is 449 g/mol. The minimum atomic E-state index is 0.419. The third-order valence-electron chi connectivity index (χ3n) is 10.7. The Bertz CT molecular complexity index is 496. The summed E-state index contributed by atoms with van der Waals surface area (Å²) >= 11 is 0. The predicted molar refractivity (Wildman–Crippen MR) is 147 cm³/mol. The first-order valence-corrected chi connectivity index (χ1v) is 15.0. The van der Waals surface area contributed by atoms with Crippen LogP contribution in [0.2, 0.25) is 0 Å². The Morgan fingerprint density at radius 1 is 0.875 bits per heavy atom. The SMILES string of the molecule is CCCC(C)CC(C)(C)C(CC)(CC)C1(CC)CCCC1CCCC(C)C(C)CC(C)C. The van der Waals surface area contributed by atoms with Crippen molar-refractivity contribution in [2.75, 3.05) is 0 Å². The molecule has 1 aliphatic carbocycles. The van der Waals surface area contributed by atoms with E-state index >= 15 is 0 Å². The van der Waals surface area contributed by atoms with Crippen LogP contribution in [0, 0.1) is 45.8 Å². The van der Waals surface area contributed by atoms with Crippen LogP contribution in [0.15, 0.2) is 0 Å². The average Bonchev–Trinajstić information content (AvgIpc) is 3.12. The van der Waals surface area contributed by atoms with E-state index in [1.807, 2.05) is 0 Å². The molecule has 192 valence electrons. The molecule has 0 bridgehead atoms. The molecule has 0 aromatic heterocycles. The van der Waals surface area contributed by atoms with Crippen LogP contribution in [-0.4, -0.2) is 0 Å². The van der Waals surface area contributed by atoms with Crippen molar-refractivity contribution < 1.29 is 0 Å². The fraction of sp³-hybridized carbons (Fsp3) is 1.00. The second-order valence-corrected chi connectivity index (χ2v) is 13.4. The lowest BCUT2D eigenvalue weighted by Gasteiger charge is -2.61. The van der Waals surface area contributed by atoms with Gasteiger partial charge in [-0.2, -0.15) is 0 Å². The maximum Gasteiger partial charge on any atom is -0.0192 e. The van der Waals surface area contributed by atoms with E-state index in [4.69, 9.17) is 0 Å². The first-order valence-electron chi connectivity index (χ1n) is 15.0. The zero-order valence-electron chi connectivity index (χ0n) is 24.6. The quantitative estimate of drug-likeness (QED) is 0.220. The van der Waals surface area contributed by atoms with Crippen LogP contribution in [-0.2, 0) is 0 Å². The van der Waals surface area contributed by atoms with E-state index in [-0.39, 0.29) is 0 Å². The van der Waals surface area contributed by atoms with Crippen LogP contribution in [0.25, 0.3) is 0 Å². The third kappa shape index (κ3) is 6.56. The van der Waals surface area contributed by atoms with Gasteiger partial charge in [0, 0.05) is 0 Å². The van der Waals surface area contributed by atoms with Crippen LogP contribution in [0.1, 0.15) is 160 Å². The Balaban J connectivity index is 3.06. The first-order chi connectivity index (χ1) is 15.0. The number of hydrogen-bond donors (Lipinski definition) is 0. The van der Waals surface area contributed by atoms with Gasteiger partial charge in [-0.05, 0) is 97.2 Å². The molecule has 5 unspecified atom stereocenters. The summed E-state index contributed by atoms with van der Waals surface area (Å²) in [6.45, 7) is 27.6. The van der Waals surface area contributed by atoms with Crippen molar-refractivity contribution >= 4 is 0 Å². The van der Waals surface area contributed by atoms with Gasteiger partial charge in [-0.15, -0.1) is 0 Å². The summed E-state index contributed by atoms with van der Waals surface area (Å²) in [5.74, 6) is 4.38. The summed E-state index contributed by atoms with van der Waals surface area (Å²) in [7, 11) is 0. The molecule has 0 spiro atoms. The van der Waals surface area contributed by atoms with Crippen molar-refractivity contribution in [2.45, 2.75) is 160 Å². The zero-order valence-corrected chi connectivity index (χ0v) is 24.6. The normalized spacial score (nSPS) is 25.3. The Labute approximate surface area is 205 Å². The maximum absolute atomic E-state index is 2.66. The molecule has 0 aromatic carbocycles. The summed E-state index contributed by atoms with van der Waals surface area (Å²) < 4.78 is 0. The van der Waals surface area contributed by atoms with Crippen molar-refractivity contribution in [3.05, 3.63) is 0 Å². The monoisotopic (exact) mass is 449 g/mol. The number of hydrogen-bond acceptors (Lipinski definition) is 0. The van der Waals surface area contributed by atoms with Gasteiger partial charge in [0.1, 0.15) is 0 Å². The second kappa shape index (κ2) is 13.2. The van der Waals surface area contributed by atoms with Crippen molar-refractivity contribution in [1.29, 1.82) is 0 Å². The Morgan fingerprint density at radius 3 is 2.00 bits per heavy atom. The standard InChI is InChI=1S/C32H64/c1-12-18-26(7)24-30(10,11)32(14-3,15-4)31(13-2)22-17-21-29(31)20-16-19-27(8)28(9)23-25(5)6/h25-29H,12-24H2,1-11H3. The fourth-order valence-corrected chi connectivity index (χ4v) is 9.19. The lowest BCUT2D eigenvalue weighted by molar-refractivity contribution is -0.118. The lowest BCUT2D eigenvalue weighted by atomic mass is 9.44. The van der Waals surface area contributed by atoms with Crippen molar-refractivity contribution in [1.82, 2.24) is 0 Å². The molecule has 0 aromatic rings. The van der Waals surface area contributed by atoms with Crippen LogP contribution in [0.5, 0.6) is 0 Å². The molecule has 1 rings (SSSR count). The van der Waals surface area contributed by atoms with Gasteiger partial charge < -0.3 is 0 Å². The van der Waals surface area contributed by atoms with Crippen LogP contribution in [0.3, 0.4) is 0 Å². The summed E-state index contributed by atoms with van der Waals surface area (Å²) in [5, 5.41) is 0. The van der Waals surface area contributed by atoms with Gasteiger partial charge in [-0.3, -0.25) is 0 Å². The molecule has 1 saturated carbocycles. The summed E-state index contributed by atoms with van der Waals surface area (Å²) in [5.41, 5.74) is 1.45. The van der Waals surface area contributed by atoms with E-state index in [0.717, 1.165) is 29.6 Å². The molecule has 0 heterocycles. The summed E-state index contributed by atoms with van der Waals surface area (Å²) in [4.78, 5) is 0. The van der Waals surface area contributed by atoms with Gasteiger partial charge in [0.25, 0.3) is 0 Å². The molecule has 0 N–H and O–H groups in total. The molecule has 0 heteroatoms. The molecular formula is C32H64. The van der Waals surface area contributed by atoms with Gasteiger partial charge in [-0.1, -0.05) is 108 Å². The van der Waals surface area contributed by atoms with Crippen LogP contribution >= 0.6 is 0 Å². The van der Waals surface area contributed by atoms with Gasteiger partial charge in [0.2, 0.25) is 0 Å². The van der Waals surface area contributed by atoms with Gasteiger partial charge in [0.15, 0.2) is 0 Å². The molecule has 1 aliphatic rings. The van der Waals surface area contributed by atoms with Gasteiger partial charge >= 0.3 is 0 Å². The largest absolute Gasteiger partial charge is 0.0654 e. The third-order valence-corrected chi connectivity index (χ3v) is 10.7. The molecule has 1 fully saturated rings. The van der Waals surface area contributed by atoms with Crippen molar-refractivity contribution in [3.8, 4) is 0 Å². The highest BCUT2D eigenvalue weighted by Crippen LogP contribution is 2.68. The molecule has 0 nitrogen and oxygen atoms in total. The molecule has 5 atom stereocenters. The van der Waals surface area contributed by atoms with Crippen LogP contribution < -0.4 is 0 Å². The van der Waals surface area contributed by atoms with Crippen molar-refractivity contribution in [2.24, 2.45) is 45.8 Å². The van der Waals surface area contributed by atoms with E-state index in [2.05, 4.69) is 76.2 Å². The van der Waals surface area contributed by atoms with E-state index in [1.54, 1.807) is 0 Å². The smallest absolute Gasteiger partial charge is 0.0192 e. The molecule has 32 heavy (non-hydrogen) atoms. The molecular weight excluding hydrogens is 384 g/mol. The van der Waals surface area contributed by atoms with Crippen LogP contribution in [0.4, 0.5) is 0 Å². The Hall–Kier alpha value is 0. The first kappa shape index (κ1) is 30.0. The minimum absolute atomic E-state index is 0.419. The maximum atomic E-state index is 2.66.